The number of halogens is 2. The number of anilines is 2. The van der Waals surface area contributed by atoms with Crippen LogP contribution in [0.3, 0.4) is 0 Å². The van der Waals surface area contributed by atoms with E-state index in [0.29, 0.717) is 21.7 Å². The van der Waals surface area contributed by atoms with Crippen LogP contribution >= 0.6 is 31.9 Å². The van der Waals surface area contributed by atoms with E-state index in [1.54, 1.807) is 30.3 Å². The Morgan fingerprint density at radius 2 is 1.61 bits per heavy atom. The number of carboxylic acid groups (broad SMARTS) is 1. The molecule has 9 heteroatoms. The number of carbonyl (C=O) groups is 3. The molecule has 0 radical (unpaired) electrons. The molecular weight excluding hydrogens is 434 g/mol. The van der Waals surface area contributed by atoms with E-state index in [9.17, 15) is 14.4 Å². The number of carbonyl (C=O) groups excluding carboxylic acids is 2. The molecule has 2 rings (SSSR count). The van der Waals surface area contributed by atoms with Crippen LogP contribution in [0.15, 0.2) is 39.4 Å². The molecule has 0 atom stereocenters. The van der Waals surface area contributed by atoms with Crippen molar-refractivity contribution in [3.63, 3.8) is 0 Å². The largest absolute Gasteiger partial charge is 0.481 e. The van der Waals surface area contributed by atoms with Gasteiger partial charge < -0.3 is 20.7 Å². The van der Waals surface area contributed by atoms with Crippen LogP contribution in [0.1, 0.15) is 16.9 Å². The smallest absolute Gasteiger partial charge is 0.312 e. The summed E-state index contributed by atoms with van der Waals surface area (Å²) in [6, 6.07) is 7.97. The van der Waals surface area contributed by atoms with Crippen molar-refractivity contribution in [3.05, 3.63) is 45.1 Å². The second-order valence-electron chi connectivity index (χ2n) is 4.50. The molecule has 0 aliphatic heterocycles. The van der Waals surface area contributed by atoms with Crippen LogP contribution in [0.4, 0.5) is 11.4 Å². The summed E-state index contributed by atoms with van der Waals surface area (Å²) in [7, 11) is 0. The van der Waals surface area contributed by atoms with Gasteiger partial charge in [-0.3, -0.25) is 14.4 Å². The highest BCUT2D eigenvalue weighted by atomic mass is 79.9. The Balaban J connectivity index is 1.98. The predicted molar refractivity (Wildman–Crippen MR) is 91.5 cm³/mol. The standard InChI is InChI=1S/C14H11Br2N3O4/c15-9-5-10(19-13(9)16)14(23)18-8-3-1-7(2-4-8)17-11(20)6-12(21)22/h1-5,19H,6H2,(H,17,20)(H,18,23)(H,21,22). The highest BCUT2D eigenvalue weighted by molar-refractivity contribution is 9.13. The first-order valence-corrected chi connectivity index (χ1v) is 7.91. The van der Waals surface area contributed by atoms with Gasteiger partial charge in [-0.2, -0.15) is 0 Å². The number of hydrogen-bond donors (Lipinski definition) is 4. The van der Waals surface area contributed by atoms with Crippen molar-refractivity contribution in [2.45, 2.75) is 6.42 Å². The summed E-state index contributed by atoms with van der Waals surface area (Å²) in [5, 5.41) is 13.7. The van der Waals surface area contributed by atoms with Gasteiger partial charge in [0.15, 0.2) is 0 Å². The normalized spacial score (nSPS) is 10.2. The molecule has 2 aromatic rings. The minimum Gasteiger partial charge on any atom is -0.481 e. The molecule has 0 unspecified atom stereocenters. The SMILES string of the molecule is O=C(O)CC(=O)Nc1ccc(NC(=O)c2cc(Br)c(Br)[nH]2)cc1. The minimum atomic E-state index is -1.20. The maximum absolute atomic E-state index is 12.0. The molecule has 0 bridgehead atoms. The molecule has 1 heterocycles. The lowest BCUT2D eigenvalue weighted by Crippen LogP contribution is -2.16. The average molecular weight is 445 g/mol. The van der Waals surface area contributed by atoms with E-state index >= 15 is 0 Å². The summed E-state index contributed by atoms with van der Waals surface area (Å²) in [5.74, 6) is -2.14. The van der Waals surface area contributed by atoms with Crippen LogP contribution < -0.4 is 10.6 Å². The molecule has 0 saturated heterocycles. The maximum atomic E-state index is 12.0. The van der Waals surface area contributed by atoms with Crippen molar-refractivity contribution in [2.24, 2.45) is 0 Å². The van der Waals surface area contributed by atoms with Gasteiger partial charge in [0.2, 0.25) is 5.91 Å². The molecule has 0 fully saturated rings. The molecule has 23 heavy (non-hydrogen) atoms. The number of H-pyrrole nitrogens is 1. The molecule has 4 N–H and O–H groups in total. The van der Waals surface area contributed by atoms with Crippen LogP contribution in [-0.2, 0) is 9.59 Å². The summed E-state index contributed by atoms with van der Waals surface area (Å²) in [4.78, 5) is 36.7. The molecule has 120 valence electrons. The van der Waals surface area contributed by atoms with Gasteiger partial charge in [-0.1, -0.05) is 0 Å². The Bertz CT molecular complexity index is 736. The van der Waals surface area contributed by atoms with Crippen molar-refractivity contribution in [1.82, 2.24) is 4.98 Å². The third kappa shape index (κ3) is 4.93. The lowest BCUT2D eigenvalue weighted by Gasteiger charge is -2.06. The van der Waals surface area contributed by atoms with Gasteiger partial charge in [0.25, 0.3) is 5.91 Å². The summed E-state index contributed by atoms with van der Waals surface area (Å²) >= 11 is 6.53. The number of aromatic nitrogens is 1. The van der Waals surface area contributed by atoms with Gasteiger partial charge in [-0.25, -0.2) is 0 Å². The second-order valence-corrected chi connectivity index (χ2v) is 6.14. The van der Waals surface area contributed by atoms with Crippen LogP contribution in [-0.4, -0.2) is 27.9 Å². The molecule has 1 aromatic heterocycles. The predicted octanol–water partition coefficient (Wildman–Crippen LogP) is 3.21. The highest BCUT2D eigenvalue weighted by Crippen LogP contribution is 2.23. The van der Waals surface area contributed by atoms with E-state index in [2.05, 4.69) is 47.5 Å². The lowest BCUT2D eigenvalue weighted by atomic mass is 10.2. The minimum absolute atomic E-state index is 0.320. The third-order valence-corrected chi connectivity index (χ3v) is 4.49. The van der Waals surface area contributed by atoms with E-state index in [4.69, 9.17) is 5.11 Å². The first kappa shape index (κ1) is 17.2. The molecule has 0 aliphatic rings. The van der Waals surface area contributed by atoms with Crippen LogP contribution in [0.5, 0.6) is 0 Å². The van der Waals surface area contributed by atoms with Crippen molar-refractivity contribution >= 4 is 61.0 Å². The van der Waals surface area contributed by atoms with Crippen molar-refractivity contribution in [2.75, 3.05) is 10.6 Å². The van der Waals surface area contributed by atoms with E-state index in [0.717, 1.165) is 4.47 Å². The van der Waals surface area contributed by atoms with Gasteiger partial charge in [0.1, 0.15) is 12.1 Å². The topological polar surface area (TPSA) is 111 Å². The molecule has 7 nitrogen and oxygen atoms in total. The number of rotatable bonds is 5. The Hall–Kier alpha value is -2.13. The fourth-order valence-electron chi connectivity index (χ4n) is 1.70. The number of hydrogen-bond acceptors (Lipinski definition) is 3. The zero-order chi connectivity index (χ0) is 17.0. The first-order chi connectivity index (χ1) is 10.8. The van der Waals surface area contributed by atoms with Gasteiger partial charge >= 0.3 is 5.97 Å². The van der Waals surface area contributed by atoms with Crippen LogP contribution in [0, 0.1) is 0 Å². The molecule has 0 saturated carbocycles. The van der Waals surface area contributed by atoms with Crippen molar-refractivity contribution < 1.29 is 19.5 Å². The second kappa shape index (κ2) is 7.42. The number of carboxylic acids is 1. The maximum Gasteiger partial charge on any atom is 0.312 e. The fraction of sp³-hybridized carbons (Fsp3) is 0.0714. The lowest BCUT2D eigenvalue weighted by molar-refractivity contribution is -0.139. The molecule has 0 spiro atoms. The van der Waals surface area contributed by atoms with Gasteiger partial charge in [0.05, 0.1) is 9.08 Å². The van der Waals surface area contributed by atoms with E-state index in [-0.39, 0.29) is 5.91 Å². The Morgan fingerprint density at radius 1 is 1.04 bits per heavy atom. The summed E-state index contributed by atoms with van der Waals surface area (Å²) < 4.78 is 1.40. The van der Waals surface area contributed by atoms with Crippen LogP contribution in [0.25, 0.3) is 0 Å². The molecular formula is C14H11Br2N3O4. The van der Waals surface area contributed by atoms with E-state index < -0.39 is 18.3 Å². The van der Waals surface area contributed by atoms with E-state index in [1.165, 1.54) is 0 Å². The molecule has 1 aromatic carbocycles. The van der Waals surface area contributed by atoms with Gasteiger partial charge in [-0.15, -0.1) is 0 Å². The van der Waals surface area contributed by atoms with Crippen LogP contribution in [0.2, 0.25) is 0 Å². The molecule has 0 aliphatic carbocycles. The number of amides is 2. The fourth-order valence-corrected chi connectivity index (χ4v) is 2.36. The number of aromatic amines is 1. The average Bonchev–Trinajstić information content (AvgIpc) is 2.80. The number of aliphatic carboxylic acids is 1. The third-order valence-electron chi connectivity index (χ3n) is 2.71. The monoisotopic (exact) mass is 443 g/mol. The first-order valence-electron chi connectivity index (χ1n) is 6.32. The summed E-state index contributed by atoms with van der Waals surface area (Å²) in [6.07, 6.45) is -0.602. The Morgan fingerprint density at radius 3 is 2.09 bits per heavy atom. The number of nitrogens with one attached hydrogen (secondary N) is 3. The Kier molecular flexibility index (Phi) is 5.56. The Labute approximate surface area is 147 Å². The van der Waals surface area contributed by atoms with Gasteiger partial charge in [-0.05, 0) is 62.2 Å². The summed E-state index contributed by atoms with van der Waals surface area (Å²) in [5.41, 5.74) is 1.36. The van der Waals surface area contributed by atoms with Gasteiger partial charge in [0, 0.05) is 11.4 Å². The van der Waals surface area contributed by atoms with Crippen molar-refractivity contribution in [1.29, 1.82) is 0 Å². The van der Waals surface area contributed by atoms with E-state index in [1.807, 2.05) is 0 Å². The molecule has 2 amide bonds. The zero-order valence-electron chi connectivity index (χ0n) is 11.5. The highest BCUT2D eigenvalue weighted by Gasteiger charge is 2.12. The quantitative estimate of drug-likeness (QED) is 0.530. The van der Waals surface area contributed by atoms with Crippen molar-refractivity contribution in [3.8, 4) is 0 Å². The number of benzene rings is 1. The summed E-state index contributed by atoms with van der Waals surface area (Å²) in [6.45, 7) is 0. The zero-order valence-corrected chi connectivity index (χ0v) is 14.7.